The number of fused-ring (bicyclic) bond motifs is 1. The van der Waals surface area contributed by atoms with Crippen molar-refractivity contribution in [1.82, 2.24) is 19.9 Å². The summed E-state index contributed by atoms with van der Waals surface area (Å²) in [6.45, 7) is 1.70. The molecule has 1 aliphatic rings. The minimum atomic E-state index is -0.413. The van der Waals surface area contributed by atoms with Crippen LogP contribution >= 0.6 is 0 Å². The molecular formula is C28H31N5O4. The van der Waals surface area contributed by atoms with E-state index >= 15 is 0 Å². The number of ether oxygens (including phenoxy) is 3. The molecule has 3 N–H and O–H groups in total. The number of hydrogen-bond donors (Lipinski definition) is 2. The number of nitrogens with zero attached hydrogens (tertiary/aromatic N) is 3. The maximum absolute atomic E-state index is 11.8. The Morgan fingerprint density at radius 2 is 1.95 bits per heavy atom. The van der Waals surface area contributed by atoms with Gasteiger partial charge in [-0.05, 0) is 42.0 Å². The number of carbonyl (C=O) groups is 1. The van der Waals surface area contributed by atoms with Crippen molar-refractivity contribution in [1.29, 1.82) is 0 Å². The van der Waals surface area contributed by atoms with Crippen LogP contribution in [0, 0.1) is 5.92 Å². The smallest absolute Gasteiger partial charge is 0.407 e. The van der Waals surface area contributed by atoms with Gasteiger partial charge in [0.15, 0.2) is 0 Å². The van der Waals surface area contributed by atoms with Crippen molar-refractivity contribution in [2.45, 2.75) is 25.5 Å². The van der Waals surface area contributed by atoms with Crippen molar-refractivity contribution in [2.75, 3.05) is 32.6 Å². The number of anilines is 1. The molecule has 0 aliphatic heterocycles. The lowest BCUT2D eigenvalue weighted by atomic mass is 9.80. The zero-order chi connectivity index (χ0) is 25.6. The second-order valence-electron chi connectivity index (χ2n) is 9.21. The predicted molar refractivity (Wildman–Crippen MR) is 141 cm³/mol. The van der Waals surface area contributed by atoms with Crippen molar-refractivity contribution in [3.8, 4) is 16.9 Å². The Kier molecular flexibility index (Phi) is 7.51. The molecule has 9 heteroatoms. The summed E-state index contributed by atoms with van der Waals surface area (Å²) < 4.78 is 18.2. The summed E-state index contributed by atoms with van der Waals surface area (Å²) in [7, 11) is 1.57. The maximum Gasteiger partial charge on any atom is 0.407 e. The molecular weight excluding hydrogens is 470 g/mol. The Hall–Kier alpha value is -4.11. The van der Waals surface area contributed by atoms with Crippen LogP contribution in [0.2, 0.25) is 0 Å². The molecule has 2 aromatic carbocycles. The van der Waals surface area contributed by atoms with Gasteiger partial charge in [-0.15, -0.1) is 0 Å². The number of alkyl carbamates (subject to hydrolysis) is 1. The third-order valence-electron chi connectivity index (χ3n) is 6.69. The highest BCUT2D eigenvalue weighted by Crippen LogP contribution is 2.43. The predicted octanol–water partition coefficient (Wildman–Crippen LogP) is 4.58. The van der Waals surface area contributed by atoms with Crippen LogP contribution in [-0.4, -0.2) is 47.5 Å². The molecule has 37 heavy (non-hydrogen) atoms. The number of methoxy groups -OCH3 is 1. The molecule has 1 saturated carbocycles. The number of nitrogens with two attached hydrogens (primary N) is 1. The van der Waals surface area contributed by atoms with Gasteiger partial charge in [0.1, 0.15) is 36.8 Å². The van der Waals surface area contributed by atoms with Gasteiger partial charge in [-0.1, -0.05) is 42.5 Å². The average molecular weight is 502 g/mol. The van der Waals surface area contributed by atoms with Gasteiger partial charge in [-0.3, -0.25) is 0 Å². The number of aromatic nitrogens is 3. The first-order valence-electron chi connectivity index (χ1n) is 12.4. The van der Waals surface area contributed by atoms with Gasteiger partial charge in [0.2, 0.25) is 0 Å². The highest BCUT2D eigenvalue weighted by Gasteiger charge is 2.32. The van der Waals surface area contributed by atoms with Crippen molar-refractivity contribution < 1.29 is 19.0 Å². The van der Waals surface area contributed by atoms with E-state index in [0.717, 1.165) is 46.3 Å². The molecule has 0 saturated heterocycles. The van der Waals surface area contributed by atoms with Gasteiger partial charge in [-0.25, -0.2) is 14.8 Å². The Balaban J connectivity index is 1.30. The van der Waals surface area contributed by atoms with Crippen molar-refractivity contribution in [3.63, 3.8) is 0 Å². The largest absolute Gasteiger partial charge is 0.489 e. The third kappa shape index (κ3) is 5.67. The summed E-state index contributed by atoms with van der Waals surface area (Å²) in [5.74, 6) is 1.60. The second-order valence-corrected chi connectivity index (χ2v) is 9.21. The van der Waals surface area contributed by atoms with E-state index in [-0.39, 0.29) is 12.6 Å². The highest BCUT2D eigenvalue weighted by atomic mass is 16.6. The average Bonchev–Trinajstić information content (AvgIpc) is 3.28. The molecule has 1 fully saturated rings. The molecule has 192 valence electrons. The number of benzene rings is 2. The summed E-state index contributed by atoms with van der Waals surface area (Å²) >= 11 is 0. The van der Waals surface area contributed by atoms with E-state index in [9.17, 15) is 4.79 Å². The van der Waals surface area contributed by atoms with Crippen LogP contribution in [0.15, 0.2) is 67.1 Å². The van der Waals surface area contributed by atoms with Crippen LogP contribution in [0.3, 0.4) is 0 Å². The first-order valence-corrected chi connectivity index (χ1v) is 12.4. The van der Waals surface area contributed by atoms with Crippen molar-refractivity contribution in [2.24, 2.45) is 5.92 Å². The molecule has 1 aliphatic carbocycles. The van der Waals surface area contributed by atoms with Crippen LogP contribution in [0.1, 0.15) is 24.4 Å². The fourth-order valence-electron chi connectivity index (χ4n) is 4.69. The lowest BCUT2D eigenvalue weighted by molar-refractivity contribution is 0.0951. The molecule has 5 rings (SSSR count). The Morgan fingerprint density at radius 3 is 2.76 bits per heavy atom. The lowest BCUT2D eigenvalue weighted by Gasteiger charge is -2.36. The van der Waals surface area contributed by atoms with E-state index < -0.39 is 6.09 Å². The van der Waals surface area contributed by atoms with E-state index in [2.05, 4.69) is 26.0 Å². The van der Waals surface area contributed by atoms with Crippen molar-refractivity contribution >= 4 is 22.9 Å². The maximum atomic E-state index is 11.8. The van der Waals surface area contributed by atoms with Gasteiger partial charge in [0.25, 0.3) is 0 Å². The summed E-state index contributed by atoms with van der Waals surface area (Å²) in [4.78, 5) is 20.6. The Bertz CT molecular complexity index is 1350. The molecule has 0 atom stereocenters. The SMILES string of the molecule is COCCOC(=O)NCC1CC(n2cc(-c3cccc(OCc4ccccc4)c3)c3c(N)ncnc32)C1. The number of amides is 1. The molecule has 1 amide bonds. The molecule has 0 spiro atoms. The molecule has 2 heterocycles. The van der Waals surface area contributed by atoms with E-state index in [1.807, 2.05) is 54.6 Å². The van der Waals surface area contributed by atoms with Crippen molar-refractivity contribution in [3.05, 3.63) is 72.7 Å². The number of nitrogens with one attached hydrogen (secondary N) is 1. The minimum absolute atomic E-state index is 0.243. The number of nitrogen functional groups attached to an aromatic ring is 1. The summed E-state index contributed by atoms with van der Waals surface area (Å²) in [5, 5.41) is 3.68. The zero-order valence-electron chi connectivity index (χ0n) is 20.8. The fourth-order valence-corrected chi connectivity index (χ4v) is 4.69. The molecule has 2 aromatic heterocycles. The number of rotatable bonds is 10. The summed E-state index contributed by atoms with van der Waals surface area (Å²) in [6, 6.07) is 18.4. The van der Waals surface area contributed by atoms with Crippen LogP contribution in [0.25, 0.3) is 22.2 Å². The number of carbonyl (C=O) groups excluding carboxylic acids is 1. The Labute approximate surface area is 215 Å². The monoisotopic (exact) mass is 501 g/mol. The molecule has 0 bridgehead atoms. The quantitative estimate of drug-likeness (QED) is 0.306. The van der Waals surface area contributed by atoms with Gasteiger partial charge in [0, 0.05) is 31.5 Å². The normalized spacial score (nSPS) is 16.8. The van der Waals surface area contributed by atoms with Crippen LogP contribution in [0.5, 0.6) is 5.75 Å². The van der Waals surface area contributed by atoms with Crippen LogP contribution in [0.4, 0.5) is 10.6 Å². The highest BCUT2D eigenvalue weighted by molar-refractivity contribution is 6.00. The molecule has 0 radical (unpaired) electrons. The van der Waals surface area contributed by atoms with Gasteiger partial charge < -0.3 is 29.8 Å². The van der Waals surface area contributed by atoms with E-state index in [1.54, 1.807) is 7.11 Å². The topological polar surface area (TPSA) is 114 Å². The molecule has 9 nitrogen and oxygen atoms in total. The van der Waals surface area contributed by atoms with Crippen LogP contribution in [-0.2, 0) is 16.1 Å². The van der Waals surface area contributed by atoms with E-state index in [1.165, 1.54) is 6.33 Å². The summed E-state index contributed by atoms with van der Waals surface area (Å²) in [5.41, 5.74) is 10.2. The second kappa shape index (κ2) is 11.3. The van der Waals surface area contributed by atoms with Crippen LogP contribution < -0.4 is 15.8 Å². The van der Waals surface area contributed by atoms with E-state index in [4.69, 9.17) is 19.9 Å². The Morgan fingerprint density at radius 1 is 1.11 bits per heavy atom. The fraction of sp³-hybridized carbons (Fsp3) is 0.321. The zero-order valence-corrected chi connectivity index (χ0v) is 20.8. The summed E-state index contributed by atoms with van der Waals surface area (Å²) in [6.07, 6.45) is 5.05. The van der Waals surface area contributed by atoms with Gasteiger partial charge >= 0.3 is 6.09 Å². The molecule has 4 aromatic rings. The lowest BCUT2D eigenvalue weighted by Crippen LogP contribution is -2.37. The first kappa shape index (κ1) is 24.6. The van der Waals surface area contributed by atoms with Gasteiger partial charge in [0.05, 0.1) is 12.0 Å². The standard InChI is InChI=1S/C28H31N5O4/c1-35-10-11-36-28(34)30-15-20-12-22(13-20)33-16-24(25-26(29)31-18-32-27(25)33)21-8-5-9-23(14-21)37-17-19-6-3-2-4-7-19/h2-9,14,16,18,20,22H,10-13,15,17H2,1H3,(H,30,34)(H2,29,31,32). The number of hydrogen-bond acceptors (Lipinski definition) is 7. The first-order chi connectivity index (χ1) is 18.1. The third-order valence-corrected chi connectivity index (χ3v) is 6.69. The minimum Gasteiger partial charge on any atom is -0.489 e. The van der Waals surface area contributed by atoms with Gasteiger partial charge in [-0.2, -0.15) is 0 Å². The molecule has 0 unspecified atom stereocenters. The van der Waals surface area contributed by atoms with E-state index in [0.29, 0.717) is 31.5 Å².